The number of nitrogens with one attached hydrogen (secondary N) is 1. The minimum absolute atomic E-state index is 0.454. The lowest BCUT2D eigenvalue weighted by Crippen LogP contribution is -2.34. The van der Waals surface area contributed by atoms with Gasteiger partial charge >= 0.3 is 0 Å². The second-order valence-electron chi connectivity index (χ2n) is 5.42. The summed E-state index contributed by atoms with van der Waals surface area (Å²) in [7, 11) is 0. The lowest BCUT2D eigenvalue weighted by atomic mass is 10.2. The molecule has 1 N–H and O–H groups in total. The molecule has 1 aromatic heterocycles. The van der Waals surface area contributed by atoms with Crippen LogP contribution in [0.2, 0.25) is 0 Å². The monoisotopic (exact) mass is 268 g/mol. The van der Waals surface area contributed by atoms with Crippen LogP contribution in [0, 0.1) is 4.77 Å². The molecule has 0 bridgehead atoms. The van der Waals surface area contributed by atoms with Gasteiger partial charge in [-0.1, -0.05) is 19.8 Å². The minimum Gasteiger partial charge on any atom is -0.339 e. The van der Waals surface area contributed by atoms with Crippen molar-refractivity contribution in [1.82, 2.24) is 14.8 Å². The topological polar surface area (TPSA) is 36.9 Å². The van der Waals surface area contributed by atoms with Crippen molar-refractivity contribution in [3.05, 3.63) is 4.77 Å². The number of aromatic amines is 1. The average Bonchev–Trinajstić information content (AvgIpc) is 2.94. The normalized spacial score (nSPS) is 16.7. The maximum absolute atomic E-state index is 5.42. The van der Waals surface area contributed by atoms with Crippen molar-refractivity contribution in [2.45, 2.75) is 65.0 Å². The molecular weight excluding hydrogens is 244 g/mol. The molecule has 0 saturated heterocycles. The summed E-state index contributed by atoms with van der Waals surface area (Å²) in [6.45, 7) is 7.67. The van der Waals surface area contributed by atoms with Crippen LogP contribution in [0.3, 0.4) is 0 Å². The fourth-order valence-electron chi connectivity index (χ4n) is 2.82. The van der Waals surface area contributed by atoms with Gasteiger partial charge in [0.1, 0.15) is 0 Å². The van der Waals surface area contributed by atoms with Gasteiger partial charge in [0.25, 0.3) is 0 Å². The van der Waals surface area contributed by atoms with Gasteiger partial charge in [-0.15, -0.1) is 5.10 Å². The van der Waals surface area contributed by atoms with Crippen LogP contribution in [0.15, 0.2) is 0 Å². The summed E-state index contributed by atoms with van der Waals surface area (Å²) < 4.78 is 3.02. The molecule has 4 nitrogen and oxygen atoms in total. The number of anilines is 1. The zero-order valence-corrected chi connectivity index (χ0v) is 12.5. The number of aromatic nitrogens is 3. The Hall–Kier alpha value is -0.840. The number of hydrogen-bond donors (Lipinski definition) is 1. The third-order valence-electron chi connectivity index (χ3n) is 3.72. The van der Waals surface area contributed by atoms with E-state index in [0.717, 1.165) is 23.7 Å². The Kier molecular flexibility index (Phi) is 4.43. The lowest BCUT2D eigenvalue weighted by molar-refractivity contribution is 0.498. The van der Waals surface area contributed by atoms with Crippen LogP contribution >= 0.6 is 12.2 Å². The zero-order valence-electron chi connectivity index (χ0n) is 11.6. The molecule has 0 unspecified atom stereocenters. The van der Waals surface area contributed by atoms with Gasteiger partial charge in [-0.2, -0.15) is 0 Å². The molecule has 0 aromatic carbocycles. The van der Waals surface area contributed by atoms with E-state index in [1.54, 1.807) is 0 Å². The van der Waals surface area contributed by atoms with Crippen LogP contribution in [0.4, 0.5) is 5.95 Å². The van der Waals surface area contributed by atoms with E-state index in [2.05, 4.69) is 40.4 Å². The maximum Gasteiger partial charge on any atom is 0.226 e. The van der Waals surface area contributed by atoms with Gasteiger partial charge in [0.15, 0.2) is 4.77 Å². The Balaban J connectivity index is 2.34. The Morgan fingerprint density at radius 2 is 2.11 bits per heavy atom. The van der Waals surface area contributed by atoms with Crippen molar-refractivity contribution in [1.29, 1.82) is 0 Å². The molecule has 0 amide bonds. The summed E-state index contributed by atoms with van der Waals surface area (Å²) >= 11 is 5.42. The van der Waals surface area contributed by atoms with Crippen LogP contribution in [0.5, 0.6) is 0 Å². The third kappa shape index (κ3) is 2.60. The van der Waals surface area contributed by atoms with Crippen LogP contribution in [0.25, 0.3) is 0 Å². The zero-order chi connectivity index (χ0) is 13.1. The second-order valence-corrected chi connectivity index (χ2v) is 5.81. The average molecular weight is 268 g/mol. The first kappa shape index (κ1) is 13.6. The van der Waals surface area contributed by atoms with Crippen molar-refractivity contribution in [3.63, 3.8) is 0 Å². The fourth-order valence-corrected chi connectivity index (χ4v) is 3.10. The van der Waals surface area contributed by atoms with E-state index in [1.165, 1.54) is 25.7 Å². The van der Waals surface area contributed by atoms with E-state index in [0.29, 0.717) is 12.1 Å². The van der Waals surface area contributed by atoms with Crippen molar-refractivity contribution in [3.8, 4) is 0 Å². The SMILES string of the molecule is CCCN(c1n[nH]c(=S)n1C1CCCC1)C(C)C. The largest absolute Gasteiger partial charge is 0.339 e. The van der Waals surface area contributed by atoms with E-state index < -0.39 is 0 Å². The lowest BCUT2D eigenvalue weighted by Gasteiger charge is -2.28. The molecule has 1 aliphatic rings. The van der Waals surface area contributed by atoms with Crippen LogP contribution in [-0.4, -0.2) is 27.4 Å². The molecule has 1 saturated carbocycles. The van der Waals surface area contributed by atoms with E-state index in [4.69, 9.17) is 12.2 Å². The van der Waals surface area contributed by atoms with Gasteiger partial charge in [-0.25, -0.2) is 5.10 Å². The number of nitrogens with zero attached hydrogens (tertiary/aromatic N) is 3. The van der Waals surface area contributed by atoms with Gasteiger partial charge in [0.2, 0.25) is 5.95 Å². The second kappa shape index (κ2) is 5.87. The summed E-state index contributed by atoms with van der Waals surface area (Å²) in [4.78, 5) is 2.35. The van der Waals surface area contributed by atoms with Gasteiger partial charge in [-0.3, -0.25) is 4.57 Å². The van der Waals surface area contributed by atoms with Gasteiger partial charge in [0.05, 0.1) is 0 Å². The van der Waals surface area contributed by atoms with Gasteiger partial charge in [-0.05, 0) is 45.3 Å². The van der Waals surface area contributed by atoms with Gasteiger partial charge < -0.3 is 4.90 Å². The molecule has 0 atom stereocenters. The standard InChI is InChI=1S/C13H24N4S/c1-4-9-16(10(2)3)12-14-15-13(18)17(12)11-7-5-6-8-11/h10-11H,4-9H2,1-3H3,(H,15,18). The first-order chi connectivity index (χ1) is 8.65. The van der Waals surface area contributed by atoms with E-state index in [1.807, 2.05) is 0 Å². The summed E-state index contributed by atoms with van der Waals surface area (Å²) in [6.07, 6.45) is 6.22. The molecule has 0 radical (unpaired) electrons. The summed E-state index contributed by atoms with van der Waals surface area (Å²) in [6, 6.07) is 1.000. The molecule has 1 aromatic rings. The van der Waals surface area contributed by atoms with E-state index in [-0.39, 0.29) is 0 Å². The maximum atomic E-state index is 5.42. The Labute approximate surface area is 114 Å². The smallest absolute Gasteiger partial charge is 0.226 e. The highest BCUT2D eigenvalue weighted by Gasteiger charge is 2.24. The molecule has 5 heteroatoms. The molecule has 1 heterocycles. The molecule has 18 heavy (non-hydrogen) atoms. The third-order valence-corrected chi connectivity index (χ3v) is 4.01. The van der Waals surface area contributed by atoms with Gasteiger partial charge in [0, 0.05) is 18.6 Å². The highest BCUT2D eigenvalue weighted by atomic mass is 32.1. The van der Waals surface area contributed by atoms with Crippen molar-refractivity contribution in [2.24, 2.45) is 0 Å². The first-order valence-electron chi connectivity index (χ1n) is 7.08. The molecule has 1 aliphatic carbocycles. The number of hydrogen-bond acceptors (Lipinski definition) is 3. The highest BCUT2D eigenvalue weighted by Crippen LogP contribution is 2.33. The summed E-state index contributed by atoms with van der Waals surface area (Å²) in [5.74, 6) is 1.03. The number of rotatable bonds is 5. The molecule has 0 spiro atoms. The molecule has 102 valence electrons. The van der Waals surface area contributed by atoms with Crippen LogP contribution in [-0.2, 0) is 0 Å². The highest BCUT2D eigenvalue weighted by molar-refractivity contribution is 7.71. The predicted octanol–water partition coefficient (Wildman–Crippen LogP) is 3.68. The first-order valence-corrected chi connectivity index (χ1v) is 7.49. The summed E-state index contributed by atoms with van der Waals surface area (Å²) in [5, 5.41) is 7.45. The van der Waals surface area contributed by atoms with Crippen LogP contribution in [0.1, 0.15) is 58.9 Å². The molecule has 2 rings (SSSR count). The fraction of sp³-hybridized carbons (Fsp3) is 0.846. The van der Waals surface area contributed by atoms with Crippen molar-refractivity contribution >= 4 is 18.2 Å². The number of H-pyrrole nitrogens is 1. The van der Waals surface area contributed by atoms with Crippen LogP contribution < -0.4 is 4.90 Å². The molecule has 1 fully saturated rings. The Morgan fingerprint density at radius 1 is 1.44 bits per heavy atom. The Morgan fingerprint density at radius 3 is 2.67 bits per heavy atom. The van der Waals surface area contributed by atoms with E-state index >= 15 is 0 Å². The Bertz CT molecular complexity index is 428. The molecule has 0 aliphatic heterocycles. The minimum atomic E-state index is 0.454. The predicted molar refractivity (Wildman–Crippen MR) is 77.7 cm³/mol. The quantitative estimate of drug-likeness (QED) is 0.828. The molecular formula is C13H24N4S. The summed E-state index contributed by atoms with van der Waals surface area (Å²) in [5.41, 5.74) is 0. The van der Waals surface area contributed by atoms with E-state index in [9.17, 15) is 0 Å². The van der Waals surface area contributed by atoms with Crippen molar-refractivity contribution in [2.75, 3.05) is 11.4 Å². The van der Waals surface area contributed by atoms with Crippen molar-refractivity contribution < 1.29 is 0 Å².